The van der Waals surface area contributed by atoms with Crippen molar-refractivity contribution in [3.05, 3.63) is 29.8 Å². The Morgan fingerprint density at radius 3 is 2.43 bits per heavy atom. The summed E-state index contributed by atoms with van der Waals surface area (Å²) in [6.45, 7) is 6.23. The molecule has 1 unspecified atom stereocenters. The Balaban J connectivity index is 2.08. The maximum Gasteiger partial charge on any atom is 0.251 e. The molecule has 0 saturated carbocycles. The van der Waals surface area contributed by atoms with Crippen LogP contribution in [0, 0.1) is 0 Å². The fourth-order valence-corrected chi connectivity index (χ4v) is 4.19. The molecule has 1 aromatic carbocycles. The van der Waals surface area contributed by atoms with Gasteiger partial charge in [-0.05, 0) is 43.7 Å². The largest absolute Gasteiger partial charge is 0.348 e. The lowest BCUT2D eigenvalue weighted by Crippen LogP contribution is -2.45. The normalized spacial score (nSPS) is 18.8. The Bertz CT molecular complexity index is 618. The maximum absolute atomic E-state index is 12.4. The van der Waals surface area contributed by atoms with Crippen molar-refractivity contribution in [3.8, 4) is 0 Å². The lowest BCUT2D eigenvalue weighted by Gasteiger charge is -2.23. The Kier molecular flexibility index (Phi) is 6.15. The number of sulfonamides is 1. The van der Waals surface area contributed by atoms with Crippen LogP contribution in [0.25, 0.3) is 0 Å². The van der Waals surface area contributed by atoms with E-state index >= 15 is 0 Å². The fourth-order valence-electron chi connectivity index (χ4n) is 2.73. The summed E-state index contributed by atoms with van der Waals surface area (Å²) in [4.78, 5) is 12.4. The summed E-state index contributed by atoms with van der Waals surface area (Å²) >= 11 is 0. The van der Waals surface area contributed by atoms with Crippen LogP contribution >= 0.6 is 0 Å². The molecule has 1 saturated heterocycles. The van der Waals surface area contributed by atoms with Gasteiger partial charge in [0.15, 0.2) is 0 Å². The zero-order valence-electron chi connectivity index (χ0n) is 13.7. The molecule has 128 valence electrons. The van der Waals surface area contributed by atoms with Gasteiger partial charge in [0.05, 0.1) is 4.90 Å². The second kappa shape index (κ2) is 7.90. The second-order valence-electron chi connectivity index (χ2n) is 5.63. The van der Waals surface area contributed by atoms with Gasteiger partial charge in [-0.2, -0.15) is 4.31 Å². The summed E-state index contributed by atoms with van der Waals surface area (Å²) in [5.74, 6) is -0.162. The van der Waals surface area contributed by atoms with Crippen molar-refractivity contribution in [2.75, 3.05) is 26.2 Å². The van der Waals surface area contributed by atoms with Gasteiger partial charge in [0.2, 0.25) is 10.0 Å². The monoisotopic (exact) mass is 339 g/mol. The topological polar surface area (TPSA) is 78.5 Å². The molecule has 0 spiro atoms. The van der Waals surface area contributed by atoms with E-state index < -0.39 is 10.0 Å². The number of nitrogens with one attached hydrogen (secondary N) is 2. The zero-order chi connectivity index (χ0) is 16.9. The van der Waals surface area contributed by atoms with Crippen molar-refractivity contribution >= 4 is 15.9 Å². The minimum absolute atomic E-state index is 0.135. The molecule has 6 nitrogen and oxygen atoms in total. The molecule has 1 heterocycles. The Morgan fingerprint density at radius 2 is 1.91 bits per heavy atom. The number of hydrogen-bond acceptors (Lipinski definition) is 4. The van der Waals surface area contributed by atoms with Gasteiger partial charge < -0.3 is 10.6 Å². The standard InChI is InChI=1S/C16H25N3O3S/c1-3-19(4-2)23(21,22)15-9-7-13(8-10-15)16(20)18-14-6-5-11-17-12-14/h7-10,14,17H,3-6,11-12H2,1-2H3,(H,18,20). The summed E-state index contributed by atoms with van der Waals surface area (Å²) in [6, 6.07) is 6.28. The number of nitrogens with zero attached hydrogens (tertiary/aromatic N) is 1. The SMILES string of the molecule is CCN(CC)S(=O)(=O)c1ccc(C(=O)NC2CCCNC2)cc1. The molecule has 7 heteroatoms. The lowest BCUT2D eigenvalue weighted by molar-refractivity contribution is 0.0930. The predicted octanol–water partition coefficient (Wildman–Crippen LogP) is 1.20. The molecule has 1 aliphatic heterocycles. The smallest absolute Gasteiger partial charge is 0.251 e. The predicted molar refractivity (Wildman–Crippen MR) is 89.9 cm³/mol. The molecule has 2 rings (SSSR count). The molecule has 0 aliphatic carbocycles. The molecule has 23 heavy (non-hydrogen) atoms. The van der Waals surface area contributed by atoms with Crippen LogP contribution in [0.5, 0.6) is 0 Å². The number of rotatable bonds is 6. The van der Waals surface area contributed by atoms with E-state index in [1.165, 1.54) is 16.4 Å². The van der Waals surface area contributed by atoms with E-state index in [1.54, 1.807) is 26.0 Å². The van der Waals surface area contributed by atoms with E-state index in [4.69, 9.17) is 0 Å². The van der Waals surface area contributed by atoms with Crippen molar-refractivity contribution in [1.29, 1.82) is 0 Å². The van der Waals surface area contributed by atoms with Crippen LogP contribution in [0.4, 0.5) is 0 Å². The van der Waals surface area contributed by atoms with Crippen molar-refractivity contribution in [2.24, 2.45) is 0 Å². The average molecular weight is 339 g/mol. The van der Waals surface area contributed by atoms with Crippen LogP contribution in [0.2, 0.25) is 0 Å². The van der Waals surface area contributed by atoms with Crippen LogP contribution in [-0.2, 0) is 10.0 Å². The van der Waals surface area contributed by atoms with Gasteiger partial charge in [-0.1, -0.05) is 13.8 Å². The zero-order valence-corrected chi connectivity index (χ0v) is 14.5. The first-order chi connectivity index (χ1) is 11.0. The van der Waals surface area contributed by atoms with Crippen LogP contribution in [0.1, 0.15) is 37.0 Å². The van der Waals surface area contributed by atoms with Gasteiger partial charge in [0.1, 0.15) is 0 Å². The highest BCUT2D eigenvalue weighted by Crippen LogP contribution is 2.16. The van der Waals surface area contributed by atoms with Crippen LogP contribution in [0.15, 0.2) is 29.2 Å². The van der Waals surface area contributed by atoms with Gasteiger partial charge in [-0.3, -0.25) is 4.79 Å². The van der Waals surface area contributed by atoms with Crippen LogP contribution in [0.3, 0.4) is 0 Å². The van der Waals surface area contributed by atoms with E-state index in [1.807, 2.05) is 0 Å². The molecule has 1 aromatic rings. The molecular weight excluding hydrogens is 314 g/mol. The van der Waals surface area contributed by atoms with Gasteiger partial charge >= 0.3 is 0 Å². The van der Waals surface area contributed by atoms with Gasteiger partial charge in [-0.25, -0.2) is 8.42 Å². The molecule has 0 radical (unpaired) electrons. The number of carbonyl (C=O) groups is 1. The quantitative estimate of drug-likeness (QED) is 0.816. The van der Waals surface area contributed by atoms with E-state index in [0.717, 1.165) is 25.9 Å². The summed E-state index contributed by atoms with van der Waals surface area (Å²) in [7, 11) is -3.48. The minimum atomic E-state index is -3.48. The Morgan fingerprint density at radius 1 is 1.26 bits per heavy atom. The third-order valence-electron chi connectivity index (χ3n) is 4.09. The number of benzene rings is 1. The summed E-state index contributed by atoms with van der Waals surface area (Å²) in [5, 5.41) is 6.22. The maximum atomic E-state index is 12.4. The van der Waals surface area contributed by atoms with Crippen molar-refractivity contribution < 1.29 is 13.2 Å². The van der Waals surface area contributed by atoms with Crippen molar-refractivity contribution in [3.63, 3.8) is 0 Å². The van der Waals surface area contributed by atoms with Gasteiger partial charge in [-0.15, -0.1) is 0 Å². The molecular formula is C16H25N3O3S. The van der Waals surface area contributed by atoms with Crippen LogP contribution < -0.4 is 10.6 Å². The first-order valence-corrected chi connectivity index (χ1v) is 9.54. The van der Waals surface area contributed by atoms with Gasteiger partial charge in [0.25, 0.3) is 5.91 Å². The molecule has 0 aromatic heterocycles. The summed E-state index contributed by atoms with van der Waals surface area (Å²) < 4.78 is 26.2. The molecule has 1 fully saturated rings. The number of piperidine rings is 1. The van der Waals surface area contributed by atoms with E-state index in [2.05, 4.69) is 10.6 Å². The molecule has 2 N–H and O–H groups in total. The molecule has 1 amide bonds. The van der Waals surface area contributed by atoms with Crippen molar-refractivity contribution in [2.45, 2.75) is 37.6 Å². The summed E-state index contributed by atoms with van der Waals surface area (Å²) in [6.07, 6.45) is 2.01. The number of amides is 1. The minimum Gasteiger partial charge on any atom is -0.348 e. The van der Waals surface area contributed by atoms with E-state index in [-0.39, 0.29) is 16.8 Å². The van der Waals surface area contributed by atoms with Crippen molar-refractivity contribution in [1.82, 2.24) is 14.9 Å². The number of carbonyl (C=O) groups excluding carboxylic acids is 1. The highest BCUT2D eigenvalue weighted by molar-refractivity contribution is 7.89. The Labute approximate surface area is 138 Å². The van der Waals surface area contributed by atoms with Gasteiger partial charge in [0, 0.05) is 31.2 Å². The molecule has 1 aliphatic rings. The Hall–Kier alpha value is -1.44. The number of hydrogen-bond donors (Lipinski definition) is 2. The molecule has 1 atom stereocenters. The van der Waals surface area contributed by atoms with E-state index in [9.17, 15) is 13.2 Å². The highest BCUT2D eigenvalue weighted by Gasteiger charge is 2.22. The first-order valence-electron chi connectivity index (χ1n) is 8.10. The second-order valence-corrected chi connectivity index (χ2v) is 7.57. The molecule has 0 bridgehead atoms. The fraction of sp³-hybridized carbons (Fsp3) is 0.562. The summed E-state index contributed by atoms with van der Waals surface area (Å²) in [5.41, 5.74) is 0.481. The van der Waals surface area contributed by atoms with E-state index in [0.29, 0.717) is 18.7 Å². The highest BCUT2D eigenvalue weighted by atomic mass is 32.2. The third kappa shape index (κ3) is 4.31. The average Bonchev–Trinajstić information content (AvgIpc) is 2.56. The first kappa shape index (κ1) is 17.9. The third-order valence-corrected chi connectivity index (χ3v) is 6.16. The van der Waals surface area contributed by atoms with Crippen LogP contribution in [-0.4, -0.2) is 50.9 Å². The lowest BCUT2D eigenvalue weighted by atomic mass is 10.1.